The third-order valence-corrected chi connectivity index (χ3v) is 4.14. The molecule has 0 saturated heterocycles. The maximum Gasteiger partial charge on any atom is 0.236 e. The van der Waals surface area contributed by atoms with Gasteiger partial charge in [-0.25, -0.2) is 4.98 Å². The number of rotatable bonds is 4. The molecular weight excluding hydrogens is 278 g/mol. The molecule has 1 amide bonds. The minimum Gasteiger partial charge on any atom is -0.348 e. The standard InChI is InChI=1S/C16H23N5O/c1-18(2)16(22)12-20-8-5-9-21-13-17-14(15(21)11-20)10-19-6-3-4-7-19/h3-4,6-7,13H,5,8-12H2,1-2H3. The number of hydrogen-bond acceptors (Lipinski definition) is 3. The van der Waals surface area contributed by atoms with Gasteiger partial charge in [-0.05, 0) is 18.6 Å². The number of nitrogens with zero attached hydrogens (tertiary/aromatic N) is 5. The van der Waals surface area contributed by atoms with E-state index >= 15 is 0 Å². The van der Waals surface area contributed by atoms with Gasteiger partial charge in [-0.15, -0.1) is 0 Å². The molecule has 22 heavy (non-hydrogen) atoms. The summed E-state index contributed by atoms with van der Waals surface area (Å²) in [6, 6.07) is 4.05. The third-order valence-electron chi connectivity index (χ3n) is 4.14. The number of imidazole rings is 1. The largest absolute Gasteiger partial charge is 0.348 e. The first-order valence-electron chi connectivity index (χ1n) is 7.69. The fraction of sp³-hybridized carbons (Fsp3) is 0.500. The van der Waals surface area contributed by atoms with Gasteiger partial charge < -0.3 is 14.0 Å². The number of fused-ring (bicyclic) bond motifs is 1. The molecule has 0 fully saturated rings. The lowest BCUT2D eigenvalue weighted by Crippen LogP contribution is -2.36. The smallest absolute Gasteiger partial charge is 0.236 e. The highest BCUT2D eigenvalue weighted by Crippen LogP contribution is 2.17. The van der Waals surface area contributed by atoms with Crippen LogP contribution in [0.25, 0.3) is 0 Å². The van der Waals surface area contributed by atoms with Crippen LogP contribution in [0.15, 0.2) is 30.9 Å². The van der Waals surface area contributed by atoms with Gasteiger partial charge in [0.05, 0.1) is 30.8 Å². The molecule has 0 spiro atoms. The van der Waals surface area contributed by atoms with Gasteiger partial charge in [0.25, 0.3) is 0 Å². The van der Waals surface area contributed by atoms with E-state index in [0.29, 0.717) is 6.54 Å². The quantitative estimate of drug-likeness (QED) is 0.847. The van der Waals surface area contributed by atoms with Crippen molar-refractivity contribution in [2.75, 3.05) is 27.2 Å². The molecule has 2 aromatic heterocycles. The summed E-state index contributed by atoms with van der Waals surface area (Å²) in [6.07, 6.45) is 7.09. The Bertz CT molecular complexity index is 629. The molecule has 0 N–H and O–H groups in total. The van der Waals surface area contributed by atoms with Crippen LogP contribution in [0.3, 0.4) is 0 Å². The molecule has 3 rings (SSSR count). The number of amides is 1. The van der Waals surface area contributed by atoms with Crippen molar-refractivity contribution in [2.45, 2.75) is 26.1 Å². The van der Waals surface area contributed by atoms with E-state index in [1.807, 2.05) is 32.6 Å². The van der Waals surface area contributed by atoms with E-state index < -0.39 is 0 Å². The predicted molar refractivity (Wildman–Crippen MR) is 84.3 cm³/mol. The number of aryl methyl sites for hydroxylation is 1. The zero-order valence-electron chi connectivity index (χ0n) is 13.3. The maximum absolute atomic E-state index is 12.0. The Morgan fingerprint density at radius 2 is 2.05 bits per heavy atom. The highest BCUT2D eigenvalue weighted by Gasteiger charge is 2.20. The summed E-state index contributed by atoms with van der Waals surface area (Å²) < 4.78 is 4.36. The minimum absolute atomic E-state index is 0.153. The molecule has 0 radical (unpaired) electrons. The Labute approximate surface area is 131 Å². The molecule has 6 nitrogen and oxygen atoms in total. The van der Waals surface area contributed by atoms with E-state index in [1.165, 1.54) is 5.69 Å². The van der Waals surface area contributed by atoms with Gasteiger partial charge >= 0.3 is 0 Å². The van der Waals surface area contributed by atoms with E-state index in [4.69, 9.17) is 0 Å². The Balaban J connectivity index is 1.76. The highest BCUT2D eigenvalue weighted by molar-refractivity contribution is 5.77. The fourth-order valence-corrected chi connectivity index (χ4v) is 2.83. The number of carbonyl (C=O) groups excluding carboxylic acids is 1. The van der Waals surface area contributed by atoms with E-state index in [-0.39, 0.29) is 5.91 Å². The lowest BCUT2D eigenvalue weighted by molar-refractivity contribution is -0.130. The second-order valence-electron chi connectivity index (χ2n) is 6.04. The molecule has 0 aliphatic carbocycles. The van der Waals surface area contributed by atoms with Crippen molar-refractivity contribution in [3.63, 3.8) is 0 Å². The lowest BCUT2D eigenvalue weighted by Gasteiger charge is -2.21. The Morgan fingerprint density at radius 3 is 2.77 bits per heavy atom. The average Bonchev–Trinajstić information content (AvgIpc) is 3.07. The Kier molecular flexibility index (Phi) is 4.29. The van der Waals surface area contributed by atoms with Gasteiger partial charge in [0.1, 0.15) is 0 Å². The Morgan fingerprint density at radius 1 is 1.27 bits per heavy atom. The van der Waals surface area contributed by atoms with Crippen LogP contribution in [0.2, 0.25) is 0 Å². The van der Waals surface area contributed by atoms with Crippen LogP contribution in [-0.4, -0.2) is 57.0 Å². The van der Waals surface area contributed by atoms with Crippen molar-refractivity contribution >= 4 is 5.91 Å². The molecule has 118 valence electrons. The van der Waals surface area contributed by atoms with Crippen LogP contribution in [0, 0.1) is 0 Å². The summed E-state index contributed by atoms with van der Waals surface area (Å²) >= 11 is 0. The van der Waals surface area contributed by atoms with Gasteiger partial charge in [0, 0.05) is 46.1 Å². The van der Waals surface area contributed by atoms with Crippen LogP contribution < -0.4 is 0 Å². The van der Waals surface area contributed by atoms with Crippen LogP contribution in [0.5, 0.6) is 0 Å². The molecule has 6 heteroatoms. The van der Waals surface area contributed by atoms with Gasteiger partial charge in [-0.1, -0.05) is 0 Å². The Hall–Kier alpha value is -2.08. The van der Waals surface area contributed by atoms with Crippen LogP contribution >= 0.6 is 0 Å². The molecule has 2 aromatic rings. The summed E-state index contributed by atoms with van der Waals surface area (Å²) in [5.74, 6) is 0.153. The highest BCUT2D eigenvalue weighted by atomic mass is 16.2. The van der Waals surface area contributed by atoms with Crippen LogP contribution in [0.1, 0.15) is 17.8 Å². The van der Waals surface area contributed by atoms with E-state index in [1.54, 1.807) is 4.90 Å². The zero-order valence-corrected chi connectivity index (χ0v) is 13.3. The summed E-state index contributed by atoms with van der Waals surface area (Å²) in [6.45, 7) is 3.97. The van der Waals surface area contributed by atoms with Crippen molar-refractivity contribution in [1.29, 1.82) is 0 Å². The number of aromatic nitrogens is 3. The number of carbonyl (C=O) groups is 1. The molecule has 0 aromatic carbocycles. The molecule has 1 aliphatic rings. The monoisotopic (exact) mass is 301 g/mol. The molecular formula is C16H23N5O. The van der Waals surface area contributed by atoms with E-state index in [0.717, 1.165) is 38.3 Å². The summed E-state index contributed by atoms with van der Waals surface area (Å²) in [7, 11) is 3.61. The first-order chi connectivity index (χ1) is 10.6. The van der Waals surface area contributed by atoms with Crippen molar-refractivity contribution in [3.05, 3.63) is 42.2 Å². The van der Waals surface area contributed by atoms with Crippen molar-refractivity contribution < 1.29 is 4.79 Å². The van der Waals surface area contributed by atoms with Gasteiger partial charge in [0.2, 0.25) is 5.91 Å². The summed E-state index contributed by atoms with van der Waals surface area (Å²) in [5.41, 5.74) is 2.33. The average molecular weight is 301 g/mol. The second-order valence-corrected chi connectivity index (χ2v) is 6.04. The minimum atomic E-state index is 0.153. The predicted octanol–water partition coefficient (Wildman–Crippen LogP) is 1.03. The van der Waals surface area contributed by atoms with E-state index in [9.17, 15) is 4.79 Å². The summed E-state index contributed by atoms with van der Waals surface area (Å²) in [5, 5.41) is 0. The van der Waals surface area contributed by atoms with Crippen LogP contribution in [-0.2, 0) is 24.4 Å². The normalized spacial score (nSPS) is 15.4. The first kappa shape index (κ1) is 14.8. The van der Waals surface area contributed by atoms with Crippen molar-refractivity contribution in [2.24, 2.45) is 0 Å². The molecule has 0 saturated carbocycles. The topological polar surface area (TPSA) is 46.3 Å². The fourth-order valence-electron chi connectivity index (χ4n) is 2.83. The molecule has 1 aliphatic heterocycles. The molecule has 0 atom stereocenters. The number of hydrogen-bond donors (Lipinski definition) is 0. The second kappa shape index (κ2) is 6.36. The SMILES string of the molecule is CN(C)C(=O)CN1CCCn2cnc(Cn3cccc3)c2C1. The first-order valence-corrected chi connectivity index (χ1v) is 7.69. The maximum atomic E-state index is 12.0. The summed E-state index contributed by atoms with van der Waals surface area (Å²) in [4.78, 5) is 20.4. The van der Waals surface area contributed by atoms with E-state index in [2.05, 4.69) is 31.4 Å². The van der Waals surface area contributed by atoms with Crippen LogP contribution in [0.4, 0.5) is 0 Å². The third kappa shape index (κ3) is 3.22. The van der Waals surface area contributed by atoms with Gasteiger partial charge in [-0.3, -0.25) is 9.69 Å². The number of likely N-dealkylation sites (N-methyl/N-ethyl adjacent to an activating group) is 1. The van der Waals surface area contributed by atoms with Gasteiger partial charge in [0.15, 0.2) is 0 Å². The molecule has 0 unspecified atom stereocenters. The van der Waals surface area contributed by atoms with Crippen molar-refractivity contribution in [3.8, 4) is 0 Å². The molecule has 0 bridgehead atoms. The van der Waals surface area contributed by atoms with Gasteiger partial charge in [-0.2, -0.15) is 0 Å². The van der Waals surface area contributed by atoms with Crippen molar-refractivity contribution in [1.82, 2.24) is 23.9 Å². The molecule has 3 heterocycles. The zero-order chi connectivity index (χ0) is 15.5. The lowest BCUT2D eigenvalue weighted by atomic mass is 10.3.